The third kappa shape index (κ3) is 3.50. The molecule has 0 saturated carbocycles. The first-order valence-electron chi connectivity index (χ1n) is 7.74. The van der Waals surface area contributed by atoms with E-state index in [0.717, 1.165) is 18.2 Å². The Hall–Kier alpha value is -2.23. The molecule has 2 aromatic rings. The molecule has 0 N–H and O–H groups in total. The van der Waals surface area contributed by atoms with Crippen molar-refractivity contribution in [1.82, 2.24) is 4.31 Å². The second-order valence-electron chi connectivity index (χ2n) is 5.71. The molecule has 0 bridgehead atoms. The van der Waals surface area contributed by atoms with Crippen molar-refractivity contribution in [2.24, 2.45) is 0 Å². The van der Waals surface area contributed by atoms with Gasteiger partial charge in [0.2, 0.25) is 10.0 Å². The van der Waals surface area contributed by atoms with Crippen molar-refractivity contribution in [2.45, 2.75) is 4.90 Å². The van der Waals surface area contributed by atoms with Crippen LogP contribution in [-0.2, 0) is 10.0 Å². The Labute approximate surface area is 154 Å². The molecule has 7 nitrogen and oxygen atoms in total. The summed E-state index contributed by atoms with van der Waals surface area (Å²) in [5.74, 6) is -0.586. The number of hydrogen-bond acceptors (Lipinski definition) is 5. The molecular weight excluding hydrogens is 385 g/mol. The second kappa shape index (κ2) is 7.18. The van der Waals surface area contributed by atoms with Crippen molar-refractivity contribution in [2.75, 3.05) is 31.1 Å². The van der Waals surface area contributed by atoms with Crippen molar-refractivity contribution in [1.29, 1.82) is 0 Å². The fourth-order valence-electron chi connectivity index (χ4n) is 2.87. The van der Waals surface area contributed by atoms with Gasteiger partial charge in [-0.1, -0.05) is 23.7 Å². The lowest BCUT2D eigenvalue weighted by molar-refractivity contribution is -0.384. The number of anilines is 1. The molecule has 1 aliphatic heterocycles. The number of rotatable bonds is 4. The number of sulfonamides is 1. The van der Waals surface area contributed by atoms with Gasteiger partial charge in [0.05, 0.1) is 9.95 Å². The van der Waals surface area contributed by atoms with E-state index in [4.69, 9.17) is 11.6 Å². The summed E-state index contributed by atoms with van der Waals surface area (Å²) in [6.07, 6.45) is 0. The van der Waals surface area contributed by atoms with E-state index in [1.807, 2.05) is 0 Å². The zero-order chi connectivity index (χ0) is 18.9. The molecule has 0 unspecified atom stereocenters. The Balaban J connectivity index is 1.81. The third-order valence-corrected chi connectivity index (χ3v) is 6.57. The summed E-state index contributed by atoms with van der Waals surface area (Å²) in [5, 5.41) is 11.3. The van der Waals surface area contributed by atoms with Crippen LogP contribution in [0.3, 0.4) is 0 Å². The molecule has 1 aliphatic rings. The number of nitro benzene ring substituents is 1. The van der Waals surface area contributed by atoms with E-state index in [0.29, 0.717) is 0 Å². The smallest absolute Gasteiger partial charge is 0.292 e. The predicted octanol–water partition coefficient (Wildman–Crippen LogP) is 2.90. The number of halogens is 2. The van der Waals surface area contributed by atoms with E-state index in [9.17, 15) is 22.9 Å². The minimum atomic E-state index is -3.77. The van der Waals surface area contributed by atoms with Gasteiger partial charge in [0.1, 0.15) is 16.4 Å². The molecule has 0 aromatic heterocycles. The maximum Gasteiger partial charge on any atom is 0.292 e. The summed E-state index contributed by atoms with van der Waals surface area (Å²) in [6.45, 7) is 0.629. The molecule has 0 radical (unpaired) electrons. The van der Waals surface area contributed by atoms with Gasteiger partial charge in [-0.2, -0.15) is 4.31 Å². The van der Waals surface area contributed by atoms with Crippen LogP contribution in [0.4, 0.5) is 15.8 Å². The number of hydrogen-bond donors (Lipinski definition) is 0. The van der Waals surface area contributed by atoms with E-state index in [1.165, 1.54) is 16.4 Å². The lowest BCUT2D eigenvalue weighted by Gasteiger charge is -2.35. The fourth-order valence-corrected chi connectivity index (χ4v) is 4.78. The van der Waals surface area contributed by atoms with Crippen LogP contribution in [0.2, 0.25) is 5.02 Å². The van der Waals surface area contributed by atoms with Gasteiger partial charge in [-0.15, -0.1) is 0 Å². The Morgan fingerprint density at radius 1 is 1.08 bits per heavy atom. The predicted molar refractivity (Wildman–Crippen MR) is 95.5 cm³/mol. The van der Waals surface area contributed by atoms with Crippen molar-refractivity contribution in [3.8, 4) is 0 Å². The minimum Gasteiger partial charge on any atom is -0.363 e. The van der Waals surface area contributed by atoms with Crippen molar-refractivity contribution in [3.63, 3.8) is 0 Å². The van der Waals surface area contributed by atoms with E-state index in [1.54, 1.807) is 17.0 Å². The summed E-state index contributed by atoms with van der Waals surface area (Å²) in [6, 6.07) is 9.39. The third-order valence-electron chi connectivity index (χ3n) is 4.17. The summed E-state index contributed by atoms with van der Waals surface area (Å²) in [4.78, 5) is 12.2. The summed E-state index contributed by atoms with van der Waals surface area (Å²) in [5.41, 5.74) is -0.0707. The van der Waals surface area contributed by atoms with Crippen LogP contribution in [0.15, 0.2) is 47.4 Å². The van der Waals surface area contributed by atoms with E-state index < -0.39 is 20.8 Å². The Morgan fingerprint density at radius 2 is 1.73 bits per heavy atom. The molecule has 26 heavy (non-hydrogen) atoms. The van der Waals surface area contributed by atoms with E-state index in [-0.39, 0.29) is 47.5 Å². The fraction of sp³-hybridized carbons (Fsp3) is 0.250. The normalized spacial score (nSPS) is 15.8. The van der Waals surface area contributed by atoms with Gasteiger partial charge in [-0.25, -0.2) is 12.8 Å². The Morgan fingerprint density at radius 3 is 2.35 bits per heavy atom. The van der Waals surface area contributed by atoms with Gasteiger partial charge in [-0.05, 0) is 18.2 Å². The molecular formula is C16H15ClFN3O4S. The standard InChI is InChI=1S/C16H15ClFN3O4S/c17-13-3-1-2-4-16(13)26(24,25)20-9-7-19(8-10-20)15-11-12(18)5-6-14(15)21(22)23/h1-6,11H,7-10H2. The molecule has 138 valence electrons. The monoisotopic (exact) mass is 399 g/mol. The van der Waals surface area contributed by atoms with Crippen LogP contribution >= 0.6 is 11.6 Å². The first kappa shape index (κ1) is 18.6. The van der Waals surface area contributed by atoms with Crippen molar-refractivity contribution in [3.05, 3.63) is 63.4 Å². The van der Waals surface area contributed by atoms with E-state index >= 15 is 0 Å². The van der Waals surface area contributed by atoms with Crippen LogP contribution in [0.25, 0.3) is 0 Å². The summed E-state index contributed by atoms with van der Waals surface area (Å²) >= 11 is 5.99. The van der Waals surface area contributed by atoms with Gasteiger partial charge in [0, 0.05) is 38.3 Å². The molecule has 3 rings (SSSR count). The quantitative estimate of drug-likeness (QED) is 0.583. The largest absolute Gasteiger partial charge is 0.363 e. The number of benzene rings is 2. The lowest BCUT2D eigenvalue weighted by Crippen LogP contribution is -2.48. The van der Waals surface area contributed by atoms with Crippen LogP contribution < -0.4 is 4.90 Å². The van der Waals surface area contributed by atoms with Gasteiger partial charge >= 0.3 is 0 Å². The number of nitro groups is 1. The van der Waals surface area contributed by atoms with Crippen molar-refractivity contribution >= 4 is 33.0 Å². The lowest BCUT2D eigenvalue weighted by atomic mass is 10.2. The maximum absolute atomic E-state index is 13.5. The molecule has 0 aliphatic carbocycles. The molecule has 1 saturated heterocycles. The molecule has 0 amide bonds. The SMILES string of the molecule is O=[N+]([O-])c1ccc(F)cc1N1CCN(S(=O)(=O)c2ccccc2Cl)CC1. The average molecular weight is 400 g/mol. The van der Waals surface area contributed by atoms with Gasteiger partial charge < -0.3 is 4.90 Å². The molecule has 10 heteroatoms. The maximum atomic E-state index is 13.5. The Bertz CT molecular complexity index is 946. The van der Waals surface area contributed by atoms with Crippen LogP contribution in [0.1, 0.15) is 0 Å². The minimum absolute atomic E-state index is 0.0202. The Kier molecular flexibility index (Phi) is 5.12. The molecule has 1 heterocycles. The van der Waals surface area contributed by atoms with Crippen molar-refractivity contribution < 1.29 is 17.7 Å². The zero-order valence-corrected chi connectivity index (χ0v) is 15.1. The van der Waals surface area contributed by atoms with Crippen LogP contribution in [0, 0.1) is 15.9 Å². The van der Waals surface area contributed by atoms with Gasteiger partial charge in [0.25, 0.3) is 5.69 Å². The molecule has 2 aromatic carbocycles. The zero-order valence-electron chi connectivity index (χ0n) is 13.5. The molecule has 0 spiro atoms. The highest BCUT2D eigenvalue weighted by Crippen LogP contribution is 2.31. The molecule has 0 atom stereocenters. The van der Waals surface area contributed by atoms with E-state index in [2.05, 4.69) is 0 Å². The average Bonchev–Trinajstić information content (AvgIpc) is 2.61. The highest BCUT2D eigenvalue weighted by atomic mass is 35.5. The van der Waals surface area contributed by atoms with Gasteiger partial charge in [0.15, 0.2) is 0 Å². The second-order valence-corrected chi connectivity index (χ2v) is 8.03. The highest BCUT2D eigenvalue weighted by Gasteiger charge is 2.31. The topological polar surface area (TPSA) is 83.8 Å². The molecule has 1 fully saturated rings. The van der Waals surface area contributed by atoms with Crippen LogP contribution in [0.5, 0.6) is 0 Å². The van der Waals surface area contributed by atoms with Gasteiger partial charge in [-0.3, -0.25) is 10.1 Å². The number of piperazine rings is 1. The van der Waals surface area contributed by atoms with Crippen LogP contribution in [-0.4, -0.2) is 43.8 Å². The highest BCUT2D eigenvalue weighted by molar-refractivity contribution is 7.89. The number of nitrogens with zero attached hydrogens (tertiary/aromatic N) is 3. The first-order chi connectivity index (χ1) is 12.3. The summed E-state index contributed by atoms with van der Waals surface area (Å²) < 4.78 is 40.3. The summed E-state index contributed by atoms with van der Waals surface area (Å²) in [7, 11) is -3.77. The first-order valence-corrected chi connectivity index (χ1v) is 9.56.